The fraction of sp³-hybridized carbons (Fsp3) is 0.471. The summed E-state index contributed by atoms with van der Waals surface area (Å²) < 4.78 is 15.0. The van der Waals surface area contributed by atoms with Gasteiger partial charge in [0.1, 0.15) is 5.82 Å². The summed E-state index contributed by atoms with van der Waals surface area (Å²) in [5.41, 5.74) is 0.540. The Morgan fingerprint density at radius 2 is 1.90 bits per heavy atom. The summed E-state index contributed by atoms with van der Waals surface area (Å²) in [6.45, 7) is 1.74. The minimum absolute atomic E-state index is 0.292. The maximum atomic E-state index is 13.0. The first-order chi connectivity index (χ1) is 10.0. The van der Waals surface area contributed by atoms with E-state index in [2.05, 4.69) is 5.10 Å². The molecule has 0 radical (unpaired) electrons. The number of hydrogen-bond donors (Lipinski definition) is 1. The van der Waals surface area contributed by atoms with E-state index in [0.29, 0.717) is 18.0 Å². The van der Waals surface area contributed by atoms with Gasteiger partial charge in [-0.1, -0.05) is 25.0 Å². The molecule has 0 aliphatic heterocycles. The lowest BCUT2D eigenvalue weighted by molar-refractivity contribution is 0.0563. The van der Waals surface area contributed by atoms with Crippen molar-refractivity contribution < 1.29 is 9.50 Å². The number of nitrogens with zero attached hydrogens (tertiary/aromatic N) is 2. The molecule has 2 aromatic rings. The van der Waals surface area contributed by atoms with E-state index in [1.165, 1.54) is 37.8 Å². The molecule has 1 unspecified atom stereocenters. The lowest BCUT2D eigenvalue weighted by Gasteiger charge is -2.23. The summed E-state index contributed by atoms with van der Waals surface area (Å²) in [7, 11) is 0. The Morgan fingerprint density at radius 3 is 2.57 bits per heavy atom. The van der Waals surface area contributed by atoms with Crippen LogP contribution in [0, 0.1) is 5.82 Å². The Bertz CT molecular complexity index is 598. The fourth-order valence-electron chi connectivity index (χ4n) is 3.11. The van der Waals surface area contributed by atoms with Gasteiger partial charge in [-0.25, -0.2) is 4.39 Å². The molecule has 112 valence electrons. The number of rotatable bonds is 4. The highest BCUT2D eigenvalue weighted by Gasteiger charge is 2.25. The Kier molecular flexibility index (Phi) is 3.81. The van der Waals surface area contributed by atoms with E-state index in [4.69, 9.17) is 0 Å². The molecule has 1 saturated carbocycles. The van der Waals surface area contributed by atoms with Gasteiger partial charge in [0.05, 0.1) is 17.3 Å². The first-order valence-electron chi connectivity index (χ1n) is 7.57. The van der Waals surface area contributed by atoms with Crippen LogP contribution in [0.15, 0.2) is 36.5 Å². The second kappa shape index (κ2) is 5.60. The van der Waals surface area contributed by atoms with Crippen molar-refractivity contribution in [3.63, 3.8) is 0 Å². The van der Waals surface area contributed by atoms with Crippen molar-refractivity contribution in [1.29, 1.82) is 0 Å². The van der Waals surface area contributed by atoms with Crippen LogP contribution in [0.2, 0.25) is 0 Å². The molecule has 0 spiro atoms. The lowest BCUT2D eigenvalue weighted by Crippen LogP contribution is -2.24. The molecule has 1 aromatic carbocycles. The van der Waals surface area contributed by atoms with E-state index in [-0.39, 0.29) is 5.82 Å². The van der Waals surface area contributed by atoms with Gasteiger partial charge in [0.25, 0.3) is 0 Å². The van der Waals surface area contributed by atoms with Crippen LogP contribution in [0.1, 0.15) is 49.9 Å². The molecule has 0 saturated heterocycles. The largest absolute Gasteiger partial charge is 0.385 e. The minimum atomic E-state index is -1.04. The summed E-state index contributed by atoms with van der Waals surface area (Å²) >= 11 is 0. The zero-order chi connectivity index (χ0) is 14.9. The molecule has 4 heteroatoms. The van der Waals surface area contributed by atoms with E-state index < -0.39 is 5.60 Å². The SMILES string of the molecule is CC(O)(Cc1ccn(C2CCCC2)n1)c1ccc(F)cc1. The first kappa shape index (κ1) is 14.3. The molecular weight excluding hydrogens is 267 g/mol. The van der Waals surface area contributed by atoms with Crippen molar-refractivity contribution in [3.8, 4) is 0 Å². The van der Waals surface area contributed by atoms with Crippen LogP contribution in [-0.2, 0) is 12.0 Å². The summed E-state index contributed by atoms with van der Waals surface area (Å²) in [6, 6.07) is 8.49. The van der Waals surface area contributed by atoms with Crippen LogP contribution >= 0.6 is 0 Å². The maximum Gasteiger partial charge on any atom is 0.123 e. The minimum Gasteiger partial charge on any atom is -0.385 e. The van der Waals surface area contributed by atoms with Crippen LogP contribution < -0.4 is 0 Å². The molecule has 1 aromatic heterocycles. The second-order valence-electron chi connectivity index (χ2n) is 6.18. The molecule has 1 heterocycles. The Balaban J connectivity index is 1.74. The molecule has 1 N–H and O–H groups in total. The number of halogens is 1. The molecule has 3 rings (SSSR count). The van der Waals surface area contributed by atoms with Gasteiger partial charge in [0.15, 0.2) is 0 Å². The summed E-state index contributed by atoms with van der Waals surface area (Å²) in [6.07, 6.45) is 7.36. The normalized spacial score (nSPS) is 18.8. The Labute approximate surface area is 124 Å². The van der Waals surface area contributed by atoms with Crippen molar-refractivity contribution in [2.24, 2.45) is 0 Å². The monoisotopic (exact) mass is 288 g/mol. The zero-order valence-electron chi connectivity index (χ0n) is 12.3. The number of aliphatic hydroxyl groups is 1. The van der Waals surface area contributed by atoms with Gasteiger partial charge < -0.3 is 5.11 Å². The van der Waals surface area contributed by atoms with Crippen LogP contribution in [-0.4, -0.2) is 14.9 Å². The highest BCUT2D eigenvalue weighted by atomic mass is 19.1. The third kappa shape index (κ3) is 3.16. The van der Waals surface area contributed by atoms with Gasteiger partial charge >= 0.3 is 0 Å². The third-order valence-corrected chi connectivity index (χ3v) is 4.35. The number of benzene rings is 1. The summed E-state index contributed by atoms with van der Waals surface area (Å²) in [4.78, 5) is 0. The quantitative estimate of drug-likeness (QED) is 0.933. The van der Waals surface area contributed by atoms with E-state index in [9.17, 15) is 9.50 Å². The van der Waals surface area contributed by atoms with Gasteiger partial charge in [-0.3, -0.25) is 4.68 Å². The van der Waals surface area contributed by atoms with Crippen molar-refractivity contribution in [3.05, 3.63) is 53.6 Å². The van der Waals surface area contributed by atoms with E-state index in [1.807, 2.05) is 16.9 Å². The highest BCUT2D eigenvalue weighted by Crippen LogP contribution is 2.30. The average Bonchev–Trinajstić information content (AvgIpc) is 3.09. The number of hydrogen-bond acceptors (Lipinski definition) is 2. The van der Waals surface area contributed by atoms with Gasteiger partial charge in [-0.2, -0.15) is 5.10 Å². The van der Waals surface area contributed by atoms with E-state index in [0.717, 1.165) is 5.69 Å². The predicted octanol–water partition coefficient (Wildman–Crippen LogP) is 3.59. The molecule has 0 bridgehead atoms. The summed E-state index contributed by atoms with van der Waals surface area (Å²) in [5, 5.41) is 15.2. The van der Waals surface area contributed by atoms with Crippen LogP contribution in [0.3, 0.4) is 0 Å². The lowest BCUT2D eigenvalue weighted by atomic mass is 9.91. The van der Waals surface area contributed by atoms with Crippen molar-refractivity contribution in [2.75, 3.05) is 0 Å². The van der Waals surface area contributed by atoms with Gasteiger partial charge in [-0.05, 0) is 43.5 Å². The third-order valence-electron chi connectivity index (χ3n) is 4.35. The van der Waals surface area contributed by atoms with Crippen LogP contribution in [0.4, 0.5) is 4.39 Å². The summed E-state index contributed by atoms with van der Waals surface area (Å²) in [5.74, 6) is -0.292. The highest BCUT2D eigenvalue weighted by molar-refractivity contribution is 5.24. The van der Waals surface area contributed by atoms with Gasteiger partial charge in [-0.15, -0.1) is 0 Å². The molecule has 3 nitrogen and oxygen atoms in total. The van der Waals surface area contributed by atoms with Gasteiger partial charge in [0.2, 0.25) is 0 Å². The first-order valence-corrected chi connectivity index (χ1v) is 7.57. The molecule has 1 fully saturated rings. The molecular formula is C17H21FN2O. The van der Waals surface area contributed by atoms with Crippen LogP contribution in [0.5, 0.6) is 0 Å². The smallest absolute Gasteiger partial charge is 0.123 e. The van der Waals surface area contributed by atoms with E-state index >= 15 is 0 Å². The van der Waals surface area contributed by atoms with E-state index in [1.54, 1.807) is 19.1 Å². The Morgan fingerprint density at radius 1 is 1.24 bits per heavy atom. The standard InChI is InChI=1S/C17H21FN2O/c1-17(21,13-6-8-14(18)9-7-13)12-15-10-11-20(19-15)16-4-2-3-5-16/h6-11,16,21H,2-5,12H2,1H3. The fourth-order valence-corrected chi connectivity index (χ4v) is 3.11. The molecule has 0 amide bonds. The molecule has 21 heavy (non-hydrogen) atoms. The molecule has 1 atom stereocenters. The molecule has 1 aliphatic rings. The van der Waals surface area contributed by atoms with Gasteiger partial charge in [0, 0.05) is 12.6 Å². The van der Waals surface area contributed by atoms with Crippen molar-refractivity contribution in [2.45, 2.75) is 50.7 Å². The Hall–Kier alpha value is -1.68. The molecule has 1 aliphatic carbocycles. The topological polar surface area (TPSA) is 38.0 Å². The average molecular weight is 288 g/mol. The van der Waals surface area contributed by atoms with Crippen molar-refractivity contribution in [1.82, 2.24) is 9.78 Å². The predicted molar refractivity (Wildman–Crippen MR) is 79.4 cm³/mol. The maximum absolute atomic E-state index is 13.0. The number of aromatic nitrogens is 2. The second-order valence-corrected chi connectivity index (χ2v) is 6.18. The van der Waals surface area contributed by atoms with Crippen LogP contribution in [0.25, 0.3) is 0 Å². The van der Waals surface area contributed by atoms with Crippen molar-refractivity contribution >= 4 is 0 Å². The zero-order valence-corrected chi connectivity index (χ0v) is 12.3.